The molecule has 0 spiro atoms. The molecule has 0 unspecified atom stereocenters. The fourth-order valence-electron chi connectivity index (χ4n) is 1.76. The lowest BCUT2D eigenvalue weighted by molar-refractivity contribution is 0.415. The molecule has 100 valence electrons. The van der Waals surface area contributed by atoms with E-state index in [1.807, 2.05) is 13.0 Å². The van der Waals surface area contributed by atoms with Crippen molar-refractivity contribution in [1.29, 1.82) is 0 Å². The number of halogens is 1. The van der Waals surface area contributed by atoms with Crippen LogP contribution in [0.3, 0.4) is 0 Å². The van der Waals surface area contributed by atoms with E-state index in [-0.39, 0.29) is 0 Å². The van der Waals surface area contributed by atoms with E-state index in [0.717, 1.165) is 17.7 Å². The molecule has 0 atom stereocenters. The summed E-state index contributed by atoms with van der Waals surface area (Å²) < 4.78 is 5.17. The van der Waals surface area contributed by atoms with Crippen LogP contribution in [0.4, 0.5) is 17.3 Å². The molecule has 0 bridgehead atoms. The van der Waals surface area contributed by atoms with E-state index in [2.05, 4.69) is 15.3 Å². The van der Waals surface area contributed by atoms with Gasteiger partial charge in [0.1, 0.15) is 23.7 Å². The Morgan fingerprint density at radius 3 is 2.84 bits per heavy atom. The molecule has 0 saturated carbocycles. The molecule has 1 heterocycles. The lowest BCUT2D eigenvalue weighted by Gasteiger charge is -2.12. The van der Waals surface area contributed by atoms with Gasteiger partial charge in [-0.15, -0.1) is 0 Å². The molecule has 0 amide bonds. The first-order valence-electron chi connectivity index (χ1n) is 5.85. The van der Waals surface area contributed by atoms with E-state index in [0.29, 0.717) is 22.4 Å². The number of methoxy groups -OCH3 is 1. The fraction of sp³-hybridized carbons (Fsp3) is 0.231. The van der Waals surface area contributed by atoms with Crippen molar-refractivity contribution >= 4 is 28.9 Å². The molecular weight excluding hydrogens is 264 g/mol. The van der Waals surface area contributed by atoms with Crippen LogP contribution in [-0.2, 0) is 6.42 Å². The van der Waals surface area contributed by atoms with Gasteiger partial charge in [0.2, 0.25) is 0 Å². The van der Waals surface area contributed by atoms with E-state index in [1.54, 1.807) is 19.2 Å². The normalized spacial score (nSPS) is 10.3. The average molecular weight is 279 g/mol. The van der Waals surface area contributed by atoms with Gasteiger partial charge < -0.3 is 15.8 Å². The number of nitrogens with two attached hydrogens (primary N) is 1. The molecule has 6 heteroatoms. The molecule has 0 aliphatic heterocycles. The van der Waals surface area contributed by atoms with Crippen LogP contribution in [0.25, 0.3) is 0 Å². The third-order valence-corrected chi connectivity index (χ3v) is 3.06. The van der Waals surface area contributed by atoms with Crippen LogP contribution in [0.5, 0.6) is 5.75 Å². The van der Waals surface area contributed by atoms with E-state index < -0.39 is 0 Å². The standard InChI is InChI=1S/C13H15ClN4O/c1-3-9-12(15)16-7-17-13(9)18-8-4-5-10(14)11(6-8)19-2/h4-7H,3H2,1-2H3,(H3,15,16,17,18). The predicted molar refractivity (Wildman–Crippen MR) is 77.1 cm³/mol. The van der Waals surface area contributed by atoms with Gasteiger partial charge in [-0.05, 0) is 18.6 Å². The highest BCUT2D eigenvalue weighted by Gasteiger charge is 2.08. The summed E-state index contributed by atoms with van der Waals surface area (Å²) in [6.45, 7) is 2.00. The first-order valence-corrected chi connectivity index (χ1v) is 6.23. The lowest BCUT2D eigenvalue weighted by Crippen LogP contribution is -2.04. The van der Waals surface area contributed by atoms with Gasteiger partial charge in [0.25, 0.3) is 0 Å². The third kappa shape index (κ3) is 2.88. The molecule has 0 fully saturated rings. The summed E-state index contributed by atoms with van der Waals surface area (Å²) in [5.74, 6) is 1.78. The van der Waals surface area contributed by atoms with Crippen LogP contribution >= 0.6 is 11.6 Å². The summed E-state index contributed by atoms with van der Waals surface area (Å²) in [6.07, 6.45) is 2.18. The number of hydrogen-bond donors (Lipinski definition) is 2. The van der Waals surface area contributed by atoms with Gasteiger partial charge in [0.05, 0.1) is 12.1 Å². The minimum Gasteiger partial charge on any atom is -0.495 e. The second-order valence-corrected chi connectivity index (χ2v) is 4.32. The number of aromatic nitrogens is 2. The van der Waals surface area contributed by atoms with Gasteiger partial charge in [0.15, 0.2) is 0 Å². The Hall–Kier alpha value is -2.01. The SMILES string of the molecule is CCc1c(N)ncnc1Nc1ccc(Cl)c(OC)c1. The quantitative estimate of drug-likeness (QED) is 0.899. The summed E-state index contributed by atoms with van der Waals surface area (Å²) in [6, 6.07) is 5.42. The highest BCUT2D eigenvalue weighted by Crippen LogP contribution is 2.29. The monoisotopic (exact) mass is 278 g/mol. The number of nitrogens with one attached hydrogen (secondary N) is 1. The molecule has 5 nitrogen and oxygen atoms in total. The van der Waals surface area contributed by atoms with Crippen LogP contribution < -0.4 is 15.8 Å². The molecule has 0 radical (unpaired) electrons. The van der Waals surface area contributed by atoms with Gasteiger partial charge in [0, 0.05) is 17.3 Å². The highest BCUT2D eigenvalue weighted by molar-refractivity contribution is 6.32. The fourth-order valence-corrected chi connectivity index (χ4v) is 1.95. The zero-order chi connectivity index (χ0) is 13.8. The zero-order valence-corrected chi connectivity index (χ0v) is 11.5. The number of rotatable bonds is 4. The number of benzene rings is 1. The minimum absolute atomic E-state index is 0.487. The van der Waals surface area contributed by atoms with Crippen molar-refractivity contribution in [3.63, 3.8) is 0 Å². The molecule has 2 aromatic rings. The van der Waals surface area contributed by atoms with Crippen LogP contribution in [0.2, 0.25) is 5.02 Å². The summed E-state index contributed by atoms with van der Waals surface area (Å²) in [4.78, 5) is 8.19. The van der Waals surface area contributed by atoms with Crippen LogP contribution in [0.15, 0.2) is 24.5 Å². The predicted octanol–water partition coefficient (Wildman–Crippen LogP) is 3.03. The van der Waals surface area contributed by atoms with Crippen molar-refractivity contribution < 1.29 is 4.74 Å². The van der Waals surface area contributed by atoms with E-state index in [1.165, 1.54) is 6.33 Å². The Labute approximate surface area is 116 Å². The molecule has 1 aromatic carbocycles. The number of hydrogen-bond acceptors (Lipinski definition) is 5. The van der Waals surface area contributed by atoms with Gasteiger partial charge in [-0.25, -0.2) is 9.97 Å². The Bertz CT molecular complexity index is 589. The van der Waals surface area contributed by atoms with Crippen LogP contribution in [0, 0.1) is 0 Å². The third-order valence-electron chi connectivity index (χ3n) is 2.75. The average Bonchev–Trinajstić information content (AvgIpc) is 2.41. The van der Waals surface area contributed by atoms with E-state index >= 15 is 0 Å². The zero-order valence-electron chi connectivity index (χ0n) is 10.8. The van der Waals surface area contributed by atoms with Crippen molar-refractivity contribution in [3.8, 4) is 5.75 Å². The van der Waals surface area contributed by atoms with Gasteiger partial charge in [-0.3, -0.25) is 0 Å². The second-order valence-electron chi connectivity index (χ2n) is 3.91. The second kappa shape index (κ2) is 5.75. The number of ether oxygens (including phenoxy) is 1. The van der Waals surface area contributed by atoms with Crippen molar-refractivity contribution in [3.05, 3.63) is 35.1 Å². The molecule has 19 heavy (non-hydrogen) atoms. The highest BCUT2D eigenvalue weighted by atomic mass is 35.5. The van der Waals surface area contributed by atoms with Crippen molar-refractivity contribution in [2.75, 3.05) is 18.2 Å². The smallest absolute Gasteiger partial charge is 0.139 e. The van der Waals surface area contributed by atoms with Crippen LogP contribution in [0.1, 0.15) is 12.5 Å². The molecular formula is C13H15ClN4O. The summed E-state index contributed by atoms with van der Waals surface area (Å²) >= 11 is 5.98. The Morgan fingerprint density at radius 1 is 1.37 bits per heavy atom. The summed E-state index contributed by atoms with van der Waals surface area (Å²) in [5, 5.41) is 3.76. The molecule has 3 N–H and O–H groups in total. The Kier molecular flexibility index (Phi) is 4.06. The van der Waals surface area contributed by atoms with Gasteiger partial charge in [-0.1, -0.05) is 18.5 Å². The van der Waals surface area contributed by atoms with Gasteiger partial charge >= 0.3 is 0 Å². The molecule has 0 aliphatic rings. The maximum Gasteiger partial charge on any atom is 0.139 e. The Balaban J connectivity index is 2.33. The maximum atomic E-state index is 5.98. The molecule has 2 rings (SSSR count). The van der Waals surface area contributed by atoms with E-state index in [9.17, 15) is 0 Å². The first kappa shape index (κ1) is 13.4. The minimum atomic E-state index is 0.487. The molecule has 1 aromatic heterocycles. The van der Waals surface area contributed by atoms with Crippen molar-refractivity contribution in [2.24, 2.45) is 0 Å². The van der Waals surface area contributed by atoms with Crippen molar-refractivity contribution in [2.45, 2.75) is 13.3 Å². The van der Waals surface area contributed by atoms with Crippen molar-refractivity contribution in [1.82, 2.24) is 9.97 Å². The topological polar surface area (TPSA) is 73.1 Å². The van der Waals surface area contributed by atoms with E-state index in [4.69, 9.17) is 22.1 Å². The number of nitrogen functional groups attached to an aromatic ring is 1. The summed E-state index contributed by atoms with van der Waals surface area (Å²) in [7, 11) is 1.57. The lowest BCUT2D eigenvalue weighted by atomic mass is 10.2. The summed E-state index contributed by atoms with van der Waals surface area (Å²) in [5.41, 5.74) is 7.54. The first-order chi connectivity index (χ1) is 9.15. The number of nitrogens with zero attached hydrogens (tertiary/aromatic N) is 2. The molecule has 0 saturated heterocycles. The van der Waals surface area contributed by atoms with Gasteiger partial charge in [-0.2, -0.15) is 0 Å². The molecule has 0 aliphatic carbocycles. The Morgan fingerprint density at radius 2 is 2.16 bits per heavy atom. The largest absolute Gasteiger partial charge is 0.495 e. The maximum absolute atomic E-state index is 5.98. The van der Waals surface area contributed by atoms with Crippen LogP contribution in [-0.4, -0.2) is 17.1 Å². The number of anilines is 3.